The minimum absolute atomic E-state index is 0.0379. The number of carbonyl (C=O) groups is 1. The van der Waals surface area contributed by atoms with Gasteiger partial charge in [-0.25, -0.2) is 0 Å². The maximum absolute atomic E-state index is 11.7. The highest BCUT2D eigenvalue weighted by Crippen LogP contribution is 2.34. The molecule has 3 nitrogen and oxygen atoms in total. The van der Waals surface area contributed by atoms with E-state index in [4.69, 9.17) is 0 Å². The third-order valence-electron chi connectivity index (χ3n) is 3.67. The maximum atomic E-state index is 11.7. The van der Waals surface area contributed by atoms with E-state index in [2.05, 4.69) is 17.6 Å². The van der Waals surface area contributed by atoms with E-state index in [1.807, 2.05) is 30.3 Å². The smallest absolute Gasteiger partial charge is 0.238 e. The fourth-order valence-corrected chi connectivity index (χ4v) is 2.25. The Morgan fingerprint density at radius 2 is 2.00 bits per heavy atom. The molecule has 2 rings (SSSR count). The number of nitrogens with one attached hydrogen (secondary N) is 2. The highest BCUT2D eigenvalue weighted by atomic mass is 16.1. The van der Waals surface area contributed by atoms with Gasteiger partial charge >= 0.3 is 0 Å². The summed E-state index contributed by atoms with van der Waals surface area (Å²) in [7, 11) is 0. The van der Waals surface area contributed by atoms with Crippen molar-refractivity contribution in [1.29, 1.82) is 0 Å². The molecular weight excluding hydrogens is 212 g/mol. The molecular formula is C14H20N2O. The molecule has 0 unspecified atom stereocenters. The van der Waals surface area contributed by atoms with Crippen molar-refractivity contribution in [2.75, 3.05) is 11.9 Å². The molecule has 1 aliphatic rings. The molecule has 1 aromatic carbocycles. The van der Waals surface area contributed by atoms with Crippen LogP contribution in [-0.4, -0.2) is 18.0 Å². The molecule has 1 saturated carbocycles. The number of amides is 1. The summed E-state index contributed by atoms with van der Waals surface area (Å²) < 4.78 is 0. The molecule has 1 aromatic rings. The van der Waals surface area contributed by atoms with Crippen molar-refractivity contribution in [3.8, 4) is 0 Å². The number of hydrogen-bond acceptors (Lipinski definition) is 2. The van der Waals surface area contributed by atoms with Crippen LogP contribution in [0.2, 0.25) is 0 Å². The van der Waals surface area contributed by atoms with Gasteiger partial charge in [-0.05, 0) is 37.8 Å². The number of benzene rings is 1. The first-order chi connectivity index (χ1) is 8.24. The van der Waals surface area contributed by atoms with Crippen LogP contribution in [0.15, 0.2) is 30.3 Å². The third kappa shape index (κ3) is 3.07. The Morgan fingerprint density at radius 3 is 2.53 bits per heavy atom. The minimum atomic E-state index is 0.0379. The monoisotopic (exact) mass is 232 g/mol. The summed E-state index contributed by atoms with van der Waals surface area (Å²) in [5.74, 6) is 0.0379. The van der Waals surface area contributed by atoms with E-state index in [0.717, 1.165) is 12.1 Å². The molecule has 0 heterocycles. The molecule has 0 radical (unpaired) electrons. The van der Waals surface area contributed by atoms with Crippen LogP contribution in [0, 0.1) is 0 Å². The van der Waals surface area contributed by atoms with Gasteiger partial charge in [0, 0.05) is 11.2 Å². The summed E-state index contributed by atoms with van der Waals surface area (Å²) in [6.07, 6.45) is 4.77. The molecule has 0 saturated heterocycles. The lowest BCUT2D eigenvalue weighted by Crippen LogP contribution is -2.52. The zero-order valence-corrected chi connectivity index (χ0v) is 10.3. The lowest BCUT2D eigenvalue weighted by Gasteiger charge is -2.42. The van der Waals surface area contributed by atoms with E-state index < -0.39 is 0 Å². The van der Waals surface area contributed by atoms with Crippen LogP contribution >= 0.6 is 0 Å². The lowest BCUT2D eigenvalue weighted by molar-refractivity contribution is -0.116. The van der Waals surface area contributed by atoms with Crippen molar-refractivity contribution in [2.24, 2.45) is 0 Å². The SMILES string of the molecule is CCC1(NCC(=O)Nc2ccccc2)CCC1. The first kappa shape index (κ1) is 12.1. The first-order valence-corrected chi connectivity index (χ1v) is 6.34. The summed E-state index contributed by atoms with van der Waals surface area (Å²) in [5, 5.41) is 6.28. The number of hydrogen-bond donors (Lipinski definition) is 2. The van der Waals surface area contributed by atoms with Gasteiger partial charge in [-0.2, -0.15) is 0 Å². The van der Waals surface area contributed by atoms with Crippen LogP contribution in [0.5, 0.6) is 0 Å². The standard InChI is InChI=1S/C14H20N2O/c1-2-14(9-6-10-14)15-11-13(17)16-12-7-4-3-5-8-12/h3-5,7-8,15H,2,6,9-11H2,1H3,(H,16,17). The second kappa shape index (κ2) is 5.32. The second-order valence-electron chi connectivity index (χ2n) is 4.76. The van der Waals surface area contributed by atoms with Gasteiger partial charge < -0.3 is 10.6 Å². The zero-order valence-electron chi connectivity index (χ0n) is 10.3. The maximum Gasteiger partial charge on any atom is 0.238 e. The molecule has 3 heteroatoms. The Bertz CT molecular complexity index is 366. The average molecular weight is 232 g/mol. The highest BCUT2D eigenvalue weighted by Gasteiger charge is 2.34. The lowest BCUT2D eigenvalue weighted by atomic mass is 9.75. The van der Waals surface area contributed by atoms with Gasteiger partial charge in [0.15, 0.2) is 0 Å². The Balaban J connectivity index is 1.78. The van der Waals surface area contributed by atoms with E-state index in [-0.39, 0.29) is 11.4 Å². The van der Waals surface area contributed by atoms with E-state index in [1.165, 1.54) is 19.3 Å². The molecule has 0 aliphatic heterocycles. The summed E-state index contributed by atoms with van der Waals surface area (Å²) >= 11 is 0. The summed E-state index contributed by atoms with van der Waals surface area (Å²) in [4.78, 5) is 11.7. The van der Waals surface area contributed by atoms with Crippen molar-refractivity contribution in [2.45, 2.75) is 38.1 Å². The first-order valence-electron chi connectivity index (χ1n) is 6.34. The topological polar surface area (TPSA) is 41.1 Å². The minimum Gasteiger partial charge on any atom is -0.325 e. The molecule has 0 atom stereocenters. The molecule has 0 bridgehead atoms. The van der Waals surface area contributed by atoms with Gasteiger partial charge in [0.2, 0.25) is 5.91 Å². The van der Waals surface area contributed by atoms with Crippen molar-refractivity contribution >= 4 is 11.6 Å². The number of para-hydroxylation sites is 1. The molecule has 92 valence electrons. The van der Waals surface area contributed by atoms with Crippen LogP contribution in [0.3, 0.4) is 0 Å². The Kier molecular flexibility index (Phi) is 3.79. The highest BCUT2D eigenvalue weighted by molar-refractivity contribution is 5.92. The van der Waals surface area contributed by atoms with Crippen molar-refractivity contribution < 1.29 is 4.79 Å². The van der Waals surface area contributed by atoms with Crippen molar-refractivity contribution in [3.63, 3.8) is 0 Å². The fourth-order valence-electron chi connectivity index (χ4n) is 2.25. The number of anilines is 1. The average Bonchev–Trinajstić information content (AvgIpc) is 2.29. The summed E-state index contributed by atoms with van der Waals surface area (Å²) in [5.41, 5.74) is 1.09. The van der Waals surface area contributed by atoms with E-state index in [0.29, 0.717) is 6.54 Å². The van der Waals surface area contributed by atoms with Gasteiger partial charge in [0.1, 0.15) is 0 Å². The summed E-state index contributed by atoms with van der Waals surface area (Å²) in [6, 6.07) is 9.58. The molecule has 1 aliphatic carbocycles. The molecule has 2 N–H and O–H groups in total. The molecule has 17 heavy (non-hydrogen) atoms. The number of rotatable bonds is 5. The third-order valence-corrected chi connectivity index (χ3v) is 3.67. The molecule has 1 amide bonds. The van der Waals surface area contributed by atoms with Crippen molar-refractivity contribution in [3.05, 3.63) is 30.3 Å². The van der Waals surface area contributed by atoms with Crippen LogP contribution in [0.4, 0.5) is 5.69 Å². The van der Waals surface area contributed by atoms with Crippen molar-refractivity contribution in [1.82, 2.24) is 5.32 Å². The van der Waals surface area contributed by atoms with Crippen LogP contribution in [-0.2, 0) is 4.79 Å². The number of carbonyl (C=O) groups excluding carboxylic acids is 1. The predicted molar refractivity (Wildman–Crippen MR) is 69.9 cm³/mol. The fraction of sp³-hybridized carbons (Fsp3) is 0.500. The van der Waals surface area contributed by atoms with Gasteiger partial charge in [-0.15, -0.1) is 0 Å². The quantitative estimate of drug-likeness (QED) is 0.819. The largest absolute Gasteiger partial charge is 0.325 e. The molecule has 0 spiro atoms. The normalized spacial score (nSPS) is 17.2. The van der Waals surface area contributed by atoms with E-state index in [9.17, 15) is 4.79 Å². The Labute approximate surface area is 103 Å². The van der Waals surface area contributed by atoms with Gasteiger partial charge in [0.25, 0.3) is 0 Å². The van der Waals surface area contributed by atoms with E-state index >= 15 is 0 Å². The summed E-state index contributed by atoms with van der Waals surface area (Å²) in [6.45, 7) is 2.59. The van der Waals surface area contributed by atoms with Crippen LogP contribution in [0.1, 0.15) is 32.6 Å². The van der Waals surface area contributed by atoms with Crippen LogP contribution in [0.25, 0.3) is 0 Å². The Morgan fingerprint density at radius 1 is 1.29 bits per heavy atom. The zero-order chi connectivity index (χ0) is 12.1. The van der Waals surface area contributed by atoms with Crippen LogP contribution < -0.4 is 10.6 Å². The van der Waals surface area contributed by atoms with Gasteiger partial charge in [-0.3, -0.25) is 4.79 Å². The second-order valence-corrected chi connectivity index (χ2v) is 4.76. The van der Waals surface area contributed by atoms with E-state index in [1.54, 1.807) is 0 Å². The molecule has 1 fully saturated rings. The Hall–Kier alpha value is -1.35. The molecule has 0 aromatic heterocycles. The van der Waals surface area contributed by atoms with Gasteiger partial charge in [0.05, 0.1) is 6.54 Å². The predicted octanol–water partition coefficient (Wildman–Crippen LogP) is 2.55. The van der Waals surface area contributed by atoms with Gasteiger partial charge in [-0.1, -0.05) is 25.1 Å².